The topological polar surface area (TPSA) is 52.2 Å². The highest BCUT2D eigenvalue weighted by atomic mass is 35.5. The minimum atomic E-state index is 0.0828. The first kappa shape index (κ1) is 16.6. The van der Waals surface area contributed by atoms with Crippen molar-refractivity contribution in [1.29, 1.82) is 0 Å². The van der Waals surface area contributed by atoms with E-state index in [2.05, 4.69) is 9.88 Å². The van der Waals surface area contributed by atoms with E-state index in [4.69, 9.17) is 16.6 Å². The molecule has 0 saturated carbocycles. The Balaban J connectivity index is 1.33. The van der Waals surface area contributed by atoms with Crippen LogP contribution >= 0.6 is 22.9 Å². The molecule has 0 atom stereocenters. The Morgan fingerprint density at radius 2 is 1.89 bits per heavy atom. The second-order valence-corrected chi connectivity index (χ2v) is 8.03. The molecule has 1 saturated heterocycles. The summed E-state index contributed by atoms with van der Waals surface area (Å²) < 4.78 is 1.09. The van der Waals surface area contributed by atoms with Crippen LogP contribution in [-0.2, 0) is 0 Å². The van der Waals surface area contributed by atoms with E-state index in [9.17, 15) is 4.79 Å². The molecule has 1 aliphatic heterocycles. The van der Waals surface area contributed by atoms with Gasteiger partial charge in [0, 0.05) is 43.3 Å². The van der Waals surface area contributed by atoms with E-state index in [0.717, 1.165) is 44.9 Å². The van der Waals surface area contributed by atoms with Crippen molar-refractivity contribution in [1.82, 2.24) is 14.9 Å². The molecule has 5 rings (SSSR count). The van der Waals surface area contributed by atoms with Gasteiger partial charge in [-0.3, -0.25) is 4.79 Å². The number of benzene rings is 2. The lowest BCUT2D eigenvalue weighted by atomic mass is 10.1. The summed E-state index contributed by atoms with van der Waals surface area (Å²) in [6.07, 6.45) is 1.81. The highest BCUT2D eigenvalue weighted by Gasteiger charge is 2.25. The van der Waals surface area contributed by atoms with E-state index in [-0.39, 0.29) is 5.91 Å². The van der Waals surface area contributed by atoms with Gasteiger partial charge in [-0.2, -0.15) is 0 Å². The molecular formula is C20H17ClN4OS. The molecule has 7 heteroatoms. The first-order valence-corrected chi connectivity index (χ1v) is 10.1. The summed E-state index contributed by atoms with van der Waals surface area (Å²) in [6.45, 7) is 2.90. The van der Waals surface area contributed by atoms with Crippen LogP contribution in [0.25, 0.3) is 21.1 Å². The van der Waals surface area contributed by atoms with Crippen molar-refractivity contribution >= 4 is 55.1 Å². The molecule has 3 heterocycles. The maximum atomic E-state index is 13.0. The third kappa shape index (κ3) is 2.85. The molecular weight excluding hydrogens is 380 g/mol. The Kier molecular flexibility index (Phi) is 4.02. The number of carbonyl (C=O) groups is 1. The van der Waals surface area contributed by atoms with Gasteiger partial charge in [-0.15, -0.1) is 0 Å². The fourth-order valence-corrected chi connectivity index (χ4v) is 4.88. The highest BCUT2D eigenvalue weighted by molar-refractivity contribution is 7.22. The molecule has 1 aliphatic rings. The van der Waals surface area contributed by atoms with Crippen LogP contribution in [0, 0.1) is 0 Å². The molecule has 2 aromatic carbocycles. The Morgan fingerprint density at radius 1 is 1.07 bits per heavy atom. The number of aromatic amines is 1. The quantitative estimate of drug-likeness (QED) is 0.546. The number of aromatic nitrogens is 2. The maximum absolute atomic E-state index is 13.0. The van der Waals surface area contributed by atoms with Gasteiger partial charge in [0.25, 0.3) is 5.91 Å². The minimum absolute atomic E-state index is 0.0828. The zero-order valence-electron chi connectivity index (χ0n) is 14.5. The second kappa shape index (κ2) is 6.55. The van der Waals surface area contributed by atoms with Crippen LogP contribution in [0.15, 0.2) is 48.7 Å². The third-order valence-corrected chi connectivity index (χ3v) is 6.40. The largest absolute Gasteiger partial charge is 0.360 e. The first-order valence-electron chi connectivity index (χ1n) is 8.86. The van der Waals surface area contributed by atoms with Crippen molar-refractivity contribution in [3.8, 4) is 0 Å². The fourth-order valence-electron chi connectivity index (χ4n) is 3.56. The fraction of sp³-hybridized carbons (Fsp3) is 0.200. The van der Waals surface area contributed by atoms with Gasteiger partial charge in [-0.05, 0) is 18.2 Å². The van der Waals surface area contributed by atoms with E-state index in [1.807, 2.05) is 53.6 Å². The number of hydrogen-bond donors (Lipinski definition) is 1. The second-order valence-electron chi connectivity index (χ2n) is 6.61. The van der Waals surface area contributed by atoms with Gasteiger partial charge in [-0.25, -0.2) is 4.98 Å². The van der Waals surface area contributed by atoms with Crippen LogP contribution < -0.4 is 4.90 Å². The van der Waals surface area contributed by atoms with Gasteiger partial charge >= 0.3 is 0 Å². The van der Waals surface area contributed by atoms with E-state index in [1.165, 1.54) is 0 Å². The lowest BCUT2D eigenvalue weighted by Crippen LogP contribution is -2.48. The molecule has 0 radical (unpaired) electrons. The van der Waals surface area contributed by atoms with Gasteiger partial charge in [0.05, 0.1) is 15.3 Å². The van der Waals surface area contributed by atoms with Crippen molar-refractivity contribution < 1.29 is 4.79 Å². The van der Waals surface area contributed by atoms with E-state index in [1.54, 1.807) is 11.3 Å². The summed E-state index contributed by atoms with van der Waals surface area (Å²) in [5.74, 6) is 0.0828. The first-order chi connectivity index (χ1) is 13.2. The van der Waals surface area contributed by atoms with Gasteiger partial charge in [0.1, 0.15) is 5.52 Å². The Morgan fingerprint density at radius 3 is 2.70 bits per heavy atom. The summed E-state index contributed by atoms with van der Waals surface area (Å²) in [4.78, 5) is 25.0. The average molecular weight is 397 g/mol. The number of thiazole rings is 1. The van der Waals surface area contributed by atoms with Crippen molar-refractivity contribution in [3.63, 3.8) is 0 Å². The lowest BCUT2D eigenvalue weighted by molar-refractivity contribution is 0.0749. The molecule has 5 nitrogen and oxygen atoms in total. The predicted molar refractivity (Wildman–Crippen MR) is 111 cm³/mol. The standard InChI is InChI=1S/C20H17ClN4OS/c21-15-5-3-7-17-18(15)23-20(27-17)25-10-8-24(9-11-25)19(26)14-12-22-16-6-2-1-4-13(14)16/h1-7,12,22H,8-11H2. The average Bonchev–Trinajstić information content (AvgIpc) is 3.33. The molecule has 1 fully saturated rings. The van der Waals surface area contributed by atoms with Crippen LogP contribution in [-0.4, -0.2) is 47.0 Å². The number of para-hydroxylation sites is 2. The Labute approximate surface area is 165 Å². The molecule has 1 N–H and O–H groups in total. The molecule has 4 aromatic rings. The van der Waals surface area contributed by atoms with Crippen LogP contribution in [0.4, 0.5) is 5.13 Å². The molecule has 0 unspecified atom stereocenters. The Hall–Kier alpha value is -2.57. The monoisotopic (exact) mass is 396 g/mol. The van der Waals surface area contributed by atoms with Crippen molar-refractivity contribution in [2.24, 2.45) is 0 Å². The lowest BCUT2D eigenvalue weighted by Gasteiger charge is -2.34. The summed E-state index contributed by atoms with van der Waals surface area (Å²) in [6, 6.07) is 13.8. The van der Waals surface area contributed by atoms with Crippen LogP contribution in [0.3, 0.4) is 0 Å². The molecule has 0 bridgehead atoms. The number of anilines is 1. The minimum Gasteiger partial charge on any atom is -0.360 e. The number of nitrogens with one attached hydrogen (secondary N) is 1. The molecule has 2 aromatic heterocycles. The molecule has 1 amide bonds. The number of nitrogens with zero attached hydrogens (tertiary/aromatic N) is 3. The third-order valence-electron chi connectivity index (χ3n) is 5.02. The SMILES string of the molecule is O=C(c1c[nH]c2ccccc12)N1CCN(c2nc3c(Cl)cccc3s2)CC1. The number of piperazine rings is 1. The number of halogens is 1. The molecule has 136 valence electrons. The van der Waals surface area contributed by atoms with E-state index < -0.39 is 0 Å². The van der Waals surface area contributed by atoms with Crippen LogP contribution in [0.2, 0.25) is 5.02 Å². The van der Waals surface area contributed by atoms with E-state index >= 15 is 0 Å². The molecule has 27 heavy (non-hydrogen) atoms. The number of H-pyrrole nitrogens is 1. The van der Waals surface area contributed by atoms with Crippen LogP contribution in [0.1, 0.15) is 10.4 Å². The summed E-state index contributed by atoms with van der Waals surface area (Å²) in [7, 11) is 0. The number of hydrogen-bond acceptors (Lipinski definition) is 4. The smallest absolute Gasteiger partial charge is 0.256 e. The van der Waals surface area contributed by atoms with E-state index in [0.29, 0.717) is 18.1 Å². The number of rotatable bonds is 2. The predicted octanol–water partition coefficient (Wildman–Crippen LogP) is 4.39. The van der Waals surface area contributed by atoms with Gasteiger partial charge in [0.2, 0.25) is 0 Å². The van der Waals surface area contributed by atoms with Gasteiger partial charge in [-0.1, -0.05) is 47.2 Å². The number of fused-ring (bicyclic) bond motifs is 2. The Bertz CT molecular complexity index is 1140. The summed E-state index contributed by atoms with van der Waals surface area (Å²) in [5.41, 5.74) is 2.59. The zero-order chi connectivity index (χ0) is 18.4. The normalized spacial score (nSPS) is 15.0. The molecule has 0 aliphatic carbocycles. The summed E-state index contributed by atoms with van der Waals surface area (Å²) >= 11 is 7.90. The van der Waals surface area contributed by atoms with Gasteiger partial charge in [0.15, 0.2) is 5.13 Å². The van der Waals surface area contributed by atoms with Crippen molar-refractivity contribution in [2.75, 3.05) is 31.1 Å². The van der Waals surface area contributed by atoms with Gasteiger partial charge < -0.3 is 14.8 Å². The number of amides is 1. The van der Waals surface area contributed by atoms with Crippen molar-refractivity contribution in [3.05, 3.63) is 59.2 Å². The van der Waals surface area contributed by atoms with Crippen LogP contribution in [0.5, 0.6) is 0 Å². The maximum Gasteiger partial charge on any atom is 0.256 e. The summed E-state index contributed by atoms with van der Waals surface area (Å²) in [5, 5.41) is 2.63. The molecule has 0 spiro atoms. The van der Waals surface area contributed by atoms with Crippen molar-refractivity contribution in [2.45, 2.75) is 0 Å². The highest BCUT2D eigenvalue weighted by Crippen LogP contribution is 2.33. The number of carbonyl (C=O) groups excluding carboxylic acids is 1. The zero-order valence-corrected chi connectivity index (χ0v) is 16.1.